The number of hydrogen-bond acceptors (Lipinski definition) is 3. The molecule has 0 aromatic carbocycles. The zero-order valence-electron chi connectivity index (χ0n) is 10.7. The van der Waals surface area contributed by atoms with Gasteiger partial charge in [0.2, 0.25) is 0 Å². The zero-order chi connectivity index (χ0) is 12.6. The molecule has 0 rings (SSSR count). The van der Waals surface area contributed by atoms with E-state index in [0.717, 1.165) is 18.7 Å². The van der Waals surface area contributed by atoms with Crippen molar-refractivity contribution >= 4 is 0 Å². The van der Waals surface area contributed by atoms with E-state index in [1.54, 1.807) is 0 Å². The Morgan fingerprint density at radius 2 is 2.12 bits per heavy atom. The van der Waals surface area contributed by atoms with Crippen molar-refractivity contribution in [3.63, 3.8) is 0 Å². The van der Waals surface area contributed by atoms with Crippen LogP contribution in [0.5, 0.6) is 0 Å². The van der Waals surface area contributed by atoms with E-state index in [-0.39, 0.29) is 6.04 Å². The molecular formula is C13H24N2O. The number of hydrogen-bond donors (Lipinski definition) is 2. The first kappa shape index (κ1) is 15.0. The van der Waals surface area contributed by atoms with Crippen LogP contribution in [0.4, 0.5) is 0 Å². The van der Waals surface area contributed by atoms with E-state index in [1.165, 1.54) is 0 Å². The molecule has 2 atom stereocenters. The summed E-state index contributed by atoms with van der Waals surface area (Å²) in [6, 6.07) is 0.0954. The van der Waals surface area contributed by atoms with Gasteiger partial charge in [0.25, 0.3) is 0 Å². The highest BCUT2D eigenvalue weighted by Gasteiger charge is 2.13. The van der Waals surface area contributed by atoms with Gasteiger partial charge in [0.15, 0.2) is 0 Å². The fourth-order valence-corrected chi connectivity index (χ4v) is 1.54. The van der Waals surface area contributed by atoms with E-state index in [0.29, 0.717) is 13.0 Å². The van der Waals surface area contributed by atoms with Gasteiger partial charge in [-0.15, -0.1) is 6.42 Å². The maximum absolute atomic E-state index is 9.37. The molecule has 0 bridgehead atoms. The summed E-state index contributed by atoms with van der Waals surface area (Å²) in [6.45, 7) is 11.4. The van der Waals surface area contributed by atoms with Crippen molar-refractivity contribution in [3.8, 4) is 12.3 Å². The number of aliphatic hydroxyl groups is 1. The predicted molar refractivity (Wildman–Crippen MR) is 68.7 cm³/mol. The molecule has 16 heavy (non-hydrogen) atoms. The van der Waals surface area contributed by atoms with Crippen molar-refractivity contribution in [1.29, 1.82) is 0 Å². The minimum absolute atomic E-state index is 0.0954. The predicted octanol–water partition coefficient (Wildman–Crippen LogP) is 1.55. The van der Waals surface area contributed by atoms with Crippen molar-refractivity contribution in [2.75, 3.05) is 13.1 Å². The van der Waals surface area contributed by atoms with Gasteiger partial charge in [0.05, 0.1) is 6.04 Å². The van der Waals surface area contributed by atoms with Gasteiger partial charge in [-0.1, -0.05) is 26.3 Å². The Morgan fingerprint density at radius 3 is 2.50 bits per heavy atom. The van der Waals surface area contributed by atoms with Gasteiger partial charge in [-0.05, 0) is 19.8 Å². The van der Waals surface area contributed by atoms with Crippen LogP contribution >= 0.6 is 0 Å². The Bertz CT molecular complexity index is 245. The maximum Gasteiger partial charge on any atom is 0.104 e. The van der Waals surface area contributed by atoms with Gasteiger partial charge in [-0.25, -0.2) is 0 Å². The number of nitrogens with one attached hydrogen (secondary N) is 1. The molecule has 1 unspecified atom stereocenters. The molecule has 0 amide bonds. The number of nitrogens with zero attached hydrogens (tertiary/aromatic N) is 1. The second-order valence-electron chi connectivity index (χ2n) is 3.90. The second kappa shape index (κ2) is 8.20. The standard InChI is InChI=1S/C13H24N2O/c1-6-12(7-2)15(11(4)5)10-9-14-13(16)8-3/h1,12-14,16H,4,7-10H2,2-3,5H3/t12-,13?/m0/s1. The monoisotopic (exact) mass is 224 g/mol. The van der Waals surface area contributed by atoms with Crippen LogP contribution in [0.15, 0.2) is 12.3 Å². The quantitative estimate of drug-likeness (QED) is 0.485. The third kappa shape index (κ3) is 5.20. The lowest BCUT2D eigenvalue weighted by Gasteiger charge is -2.30. The summed E-state index contributed by atoms with van der Waals surface area (Å²) in [5.41, 5.74) is 0.970. The largest absolute Gasteiger partial charge is 0.379 e. The third-order valence-electron chi connectivity index (χ3n) is 2.56. The first-order valence-corrected chi connectivity index (χ1v) is 5.86. The van der Waals surface area contributed by atoms with E-state index in [4.69, 9.17) is 6.42 Å². The average Bonchev–Trinajstić information content (AvgIpc) is 2.27. The fourth-order valence-electron chi connectivity index (χ4n) is 1.54. The van der Waals surface area contributed by atoms with Crippen molar-refractivity contribution in [2.24, 2.45) is 0 Å². The van der Waals surface area contributed by atoms with Crippen LogP contribution in [0.1, 0.15) is 33.6 Å². The molecule has 0 aromatic heterocycles. The first-order valence-electron chi connectivity index (χ1n) is 5.86. The number of terminal acetylenes is 1. The second-order valence-corrected chi connectivity index (χ2v) is 3.90. The first-order chi connectivity index (χ1) is 7.56. The van der Waals surface area contributed by atoms with Gasteiger partial charge >= 0.3 is 0 Å². The molecule has 2 N–H and O–H groups in total. The van der Waals surface area contributed by atoms with Crippen molar-refractivity contribution in [3.05, 3.63) is 12.3 Å². The van der Waals surface area contributed by atoms with Crippen LogP contribution in [0.2, 0.25) is 0 Å². The van der Waals surface area contributed by atoms with Crippen LogP contribution in [0.25, 0.3) is 0 Å². The Kier molecular flexibility index (Phi) is 7.70. The molecule has 0 aliphatic carbocycles. The SMILES string of the molecule is C#C[C@@H](CC)N(CCNC(O)CC)C(=C)C. The van der Waals surface area contributed by atoms with Crippen LogP contribution in [-0.2, 0) is 0 Å². The molecule has 0 radical (unpaired) electrons. The summed E-state index contributed by atoms with van der Waals surface area (Å²) in [4.78, 5) is 2.09. The molecule has 0 aromatic rings. The Balaban J connectivity index is 4.15. The lowest BCUT2D eigenvalue weighted by atomic mass is 10.2. The summed E-state index contributed by atoms with van der Waals surface area (Å²) in [7, 11) is 0. The van der Waals surface area contributed by atoms with Crippen molar-refractivity contribution < 1.29 is 5.11 Å². The van der Waals surface area contributed by atoms with Gasteiger partial charge in [-0.2, -0.15) is 0 Å². The highest BCUT2D eigenvalue weighted by Crippen LogP contribution is 2.09. The summed E-state index contributed by atoms with van der Waals surface area (Å²) in [5.74, 6) is 2.76. The molecular weight excluding hydrogens is 200 g/mol. The summed E-state index contributed by atoms with van der Waals surface area (Å²) >= 11 is 0. The summed E-state index contributed by atoms with van der Waals surface area (Å²) < 4.78 is 0. The zero-order valence-corrected chi connectivity index (χ0v) is 10.7. The molecule has 0 spiro atoms. The molecule has 0 saturated carbocycles. The van der Waals surface area contributed by atoms with Crippen LogP contribution in [-0.4, -0.2) is 35.4 Å². The smallest absolute Gasteiger partial charge is 0.104 e. The number of allylic oxidation sites excluding steroid dienone is 1. The van der Waals surface area contributed by atoms with Gasteiger partial charge in [0.1, 0.15) is 6.23 Å². The molecule has 0 saturated heterocycles. The molecule has 3 heteroatoms. The summed E-state index contributed by atoms with van der Waals surface area (Å²) in [6.07, 6.45) is 6.65. The Hall–Kier alpha value is -0.980. The minimum Gasteiger partial charge on any atom is -0.379 e. The lowest BCUT2D eigenvalue weighted by molar-refractivity contribution is 0.128. The highest BCUT2D eigenvalue weighted by molar-refractivity contribution is 5.05. The molecule has 3 nitrogen and oxygen atoms in total. The molecule has 0 aliphatic heterocycles. The van der Waals surface area contributed by atoms with Crippen LogP contribution in [0, 0.1) is 12.3 Å². The van der Waals surface area contributed by atoms with Crippen LogP contribution in [0.3, 0.4) is 0 Å². The third-order valence-corrected chi connectivity index (χ3v) is 2.56. The Morgan fingerprint density at radius 1 is 1.50 bits per heavy atom. The average molecular weight is 224 g/mol. The van der Waals surface area contributed by atoms with E-state index < -0.39 is 6.23 Å². The number of rotatable bonds is 8. The van der Waals surface area contributed by atoms with E-state index in [1.807, 2.05) is 13.8 Å². The number of aliphatic hydroxyl groups excluding tert-OH is 1. The molecule has 0 heterocycles. The maximum atomic E-state index is 9.37. The molecule has 0 aliphatic rings. The molecule has 0 fully saturated rings. The topological polar surface area (TPSA) is 35.5 Å². The summed E-state index contributed by atoms with van der Waals surface area (Å²) in [5, 5.41) is 12.4. The normalized spacial score (nSPS) is 13.9. The van der Waals surface area contributed by atoms with Gasteiger partial charge in [0, 0.05) is 18.8 Å². The van der Waals surface area contributed by atoms with Crippen molar-refractivity contribution in [1.82, 2.24) is 10.2 Å². The lowest BCUT2D eigenvalue weighted by Crippen LogP contribution is -2.40. The van der Waals surface area contributed by atoms with E-state index in [9.17, 15) is 5.11 Å². The van der Waals surface area contributed by atoms with Crippen molar-refractivity contribution in [2.45, 2.75) is 45.9 Å². The van der Waals surface area contributed by atoms with Crippen LogP contribution < -0.4 is 5.32 Å². The van der Waals surface area contributed by atoms with E-state index >= 15 is 0 Å². The fraction of sp³-hybridized carbons (Fsp3) is 0.692. The van der Waals surface area contributed by atoms with Gasteiger partial charge < -0.3 is 10.0 Å². The Labute approximate surface area is 99.5 Å². The van der Waals surface area contributed by atoms with Gasteiger partial charge in [-0.3, -0.25) is 5.32 Å². The minimum atomic E-state index is -0.433. The highest BCUT2D eigenvalue weighted by atomic mass is 16.3. The van der Waals surface area contributed by atoms with E-state index in [2.05, 4.69) is 29.6 Å². The molecule has 92 valence electrons.